The van der Waals surface area contributed by atoms with Gasteiger partial charge in [-0.05, 0) is 36.3 Å². The van der Waals surface area contributed by atoms with Crippen LogP contribution in [0, 0.1) is 0 Å². The summed E-state index contributed by atoms with van der Waals surface area (Å²) in [6, 6.07) is 7.92. The molecule has 0 amide bonds. The predicted molar refractivity (Wildman–Crippen MR) is 119 cm³/mol. The molecule has 0 aromatic heterocycles. The topological polar surface area (TPSA) is 94.0 Å². The summed E-state index contributed by atoms with van der Waals surface area (Å²) in [7, 11) is -3.19. The summed E-state index contributed by atoms with van der Waals surface area (Å²) in [5, 5.41) is 16.9. The molecular weight excluding hydrogens is 388 g/mol. The van der Waals surface area contributed by atoms with Crippen LogP contribution >= 0.6 is 0 Å². The van der Waals surface area contributed by atoms with Crippen molar-refractivity contribution in [3.8, 4) is 0 Å². The monoisotopic (exact) mass is 424 g/mol. The maximum Gasteiger partial charge on any atom is 0.211 e. The van der Waals surface area contributed by atoms with E-state index in [2.05, 4.69) is 36.4 Å². The van der Waals surface area contributed by atoms with Gasteiger partial charge in [0.25, 0.3) is 0 Å². The van der Waals surface area contributed by atoms with Gasteiger partial charge in [0, 0.05) is 25.7 Å². The molecule has 0 aliphatic carbocycles. The second kappa shape index (κ2) is 9.91. The number of hydrogen-bond acceptors (Lipinski definition) is 4. The maximum atomic E-state index is 11.9. The fourth-order valence-corrected chi connectivity index (χ4v) is 4.68. The lowest BCUT2D eigenvalue weighted by molar-refractivity contribution is 0.187. The molecule has 0 radical (unpaired) electrons. The molecule has 29 heavy (non-hydrogen) atoms. The first-order valence-electron chi connectivity index (χ1n) is 10.3. The number of guanidine groups is 1. The number of rotatable bonds is 7. The second-order valence-electron chi connectivity index (χ2n) is 8.66. The van der Waals surface area contributed by atoms with E-state index >= 15 is 0 Å². The Morgan fingerprint density at radius 1 is 1.28 bits per heavy atom. The molecule has 3 N–H and O–H groups in total. The summed E-state index contributed by atoms with van der Waals surface area (Å²) in [5.74, 6) is 0.582. The molecule has 0 bridgehead atoms. The van der Waals surface area contributed by atoms with E-state index in [9.17, 15) is 13.5 Å². The van der Waals surface area contributed by atoms with Crippen molar-refractivity contribution in [3.63, 3.8) is 0 Å². The molecule has 1 aliphatic rings. The Bertz CT molecular complexity index is 785. The Kier molecular flexibility index (Phi) is 8.08. The number of aliphatic imine (C=N–C) groups is 1. The second-order valence-corrected chi connectivity index (χ2v) is 10.6. The van der Waals surface area contributed by atoms with Crippen LogP contribution in [-0.2, 0) is 15.4 Å². The molecule has 1 heterocycles. The van der Waals surface area contributed by atoms with Gasteiger partial charge in [0.05, 0.1) is 18.9 Å². The standard InChI is InChI=1S/C21H36N4O3S/c1-6-22-20(23-14-18-8-7-13-25(18)29(5,27)28)24-15-19(26)16-9-11-17(12-10-16)21(2,3)4/h9-12,18-19,26H,6-8,13-15H2,1-5H3,(H2,22,23,24)/t18-,19?/m1/s1. The average molecular weight is 425 g/mol. The summed E-state index contributed by atoms with van der Waals surface area (Å²) >= 11 is 0. The number of hydrogen-bond donors (Lipinski definition) is 3. The van der Waals surface area contributed by atoms with E-state index in [0.717, 1.165) is 18.4 Å². The molecule has 164 valence electrons. The zero-order chi connectivity index (χ0) is 21.7. The Balaban J connectivity index is 1.97. The molecule has 1 aromatic carbocycles. The Morgan fingerprint density at radius 3 is 2.48 bits per heavy atom. The van der Waals surface area contributed by atoms with Gasteiger partial charge in [-0.2, -0.15) is 4.31 Å². The molecular formula is C21H36N4O3S. The van der Waals surface area contributed by atoms with Gasteiger partial charge in [-0.1, -0.05) is 45.0 Å². The Labute approximate surface area is 175 Å². The largest absolute Gasteiger partial charge is 0.386 e. The van der Waals surface area contributed by atoms with Crippen LogP contribution in [-0.4, -0.2) is 62.3 Å². The minimum Gasteiger partial charge on any atom is -0.386 e. The lowest BCUT2D eigenvalue weighted by Crippen LogP contribution is -2.46. The van der Waals surface area contributed by atoms with Gasteiger partial charge in [0.1, 0.15) is 0 Å². The zero-order valence-corrected chi connectivity index (χ0v) is 19.1. The van der Waals surface area contributed by atoms with Crippen LogP contribution in [0.4, 0.5) is 0 Å². The van der Waals surface area contributed by atoms with Gasteiger partial charge in [0.2, 0.25) is 10.0 Å². The van der Waals surface area contributed by atoms with Crippen LogP contribution in [0.5, 0.6) is 0 Å². The average Bonchev–Trinajstić information content (AvgIpc) is 3.12. The molecule has 1 saturated heterocycles. The van der Waals surface area contributed by atoms with E-state index in [1.165, 1.54) is 11.8 Å². The van der Waals surface area contributed by atoms with Gasteiger partial charge in [-0.25, -0.2) is 8.42 Å². The van der Waals surface area contributed by atoms with Crippen LogP contribution in [0.25, 0.3) is 0 Å². The van der Waals surface area contributed by atoms with E-state index in [1.54, 1.807) is 4.31 Å². The summed E-state index contributed by atoms with van der Waals surface area (Å²) in [4.78, 5) is 4.49. The van der Waals surface area contributed by atoms with Gasteiger partial charge in [-0.3, -0.25) is 4.99 Å². The third kappa shape index (κ3) is 6.97. The molecule has 1 fully saturated rings. The highest BCUT2D eigenvalue weighted by Gasteiger charge is 2.31. The van der Waals surface area contributed by atoms with Crippen LogP contribution in [0.2, 0.25) is 0 Å². The van der Waals surface area contributed by atoms with Crippen molar-refractivity contribution in [1.29, 1.82) is 0 Å². The van der Waals surface area contributed by atoms with Gasteiger partial charge in [-0.15, -0.1) is 0 Å². The van der Waals surface area contributed by atoms with Crippen molar-refractivity contribution in [2.24, 2.45) is 4.99 Å². The maximum absolute atomic E-state index is 11.9. The zero-order valence-electron chi connectivity index (χ0n) is 18.3. The van der Waals surface area contributed by atoms with E-state index in [4.69, 9.17) is 0 Å². The molecule has 0 spiro atoms. The molecule has 7 nitrogen and oxygen atoms in total. The van der Waals surface area contributed by atoms with Crippen molar-refractivity contribution in [1.82, 2.24) is 14.9 Å². The summed E-state index contributed by atoms with van der Waals surface area (Å²) < 4.78 is 25.3. The Hall–Kier alpha value is -1.64. The third-order valence-electron chi connectivity index (χ3n) is 5.18. The first-order valence-corrected chi connectivity index (χ1v) is 12.1. The Morgan fingerprint density at radius 2 is 1.93 bits per heavy atom. The summed E-state index contributed by atoms with van der Waals surface area (Å²) in [5.41, 5.74) is 2.12. The van der Waals surface area contributed by atoms with Gasteiger partial charge < -0.3 is 15.7 Å². The van der Waals surface area contributed by atoms with Crippen LogP contribution in [0.1, 0.15) is 57.8 Å². The number of nitrogens with zero attached hydrogens (tertiary/aromatic N) is 2. The van der Waals surface area contributed by atoms with Crippen LogP contribution < -0.4 is 10.6 Å². The number of nitrogens with one attached hydrogen (secondary N) is 2. The predicted octanol–water partition coefficient (Wildman–Crippen LogP) is 2.00. The first-order chi connectivity index (χ1) is 13.5. The number of aliphatic hydroxyl groups is 1. The van der Waals surface area contributed by atoms with E-state index in [1.807, 2.05) is 31.2 Å². The highest BCUT2D eigenvalue weighted by atomic mass is 32.2. The molecule has 8 heteroatoms. The van der Waals surface area contributed by atoms with Crippen molar-refractivity contribution >= 4 is 16.0 Å². The van der Waals surface area contributed by atoms with E-state index in [0.29, 0.717) is 25.6 Å². The molecule has 1 aromatic rings. The van der Waals surface area contributed by atoms with Gasteiger partial charge in [0.15, 0.2) is 5.96 Å². The van der Waals surface area contributed by atoms with Crippen LogP contribution in [0.3, 0.4) is 0 Å². The summed E-state index contributed by atoms with van der Waals surface area (Å²) in [6.07, 6.45) is 2.27. The molecule has 1 unspecified atom stereocenters. The number of aliphatic hydroxyl groups excluding tert-OH is 1. The molecule has 0 saturated carbocycles. The fraction of sp³-hybridized carbons (Fsp3) is 0.667. The van der Waals surface area contributed by atoms with Crippen molar-refractivity contribution in [3.05, 3.63) is 35.4 Å². The SMILES string of the molecule is CCNC(=NCC(O)c1ccc(C(C)(C)C)cc1)NC[C@H]1CCCN1S(C)(=O)=O. The highest BCUT2D eigenvalue weighted by molar-refractivity contribution is 7.88. The van der Waals surface area contributed by atoms with Crippen LogP contribution in [0.15, 0.2) is 29.3 Å². The van der Waals surface area contributed by atoms with Crippen molar-refractivity contribution < 1.29 is 13.5 Å². The smallest absolute Gasteiger partial charge is 0.211 e. The normalized spacial score (nSPS) is 19.9. The van der Waals surface area contributed by atoms with Crippen molar-refractivity contribution in [2.45, 2.75) is 58.1 Å². The number of benzene rings is 1. The van der Waals surface area contributed by atoms with E-state index < -0.39 is 16.1 Å². The lowest BCUT2D eigenvalue weighted by Gasteiger charge is -2.23. The van der Waals surface area contributed by atoms with Crippen molar-refractivity contribution in [2.75, 3.05) is 32.4 Å². The molecule has 2 rings (SSSR count). The first kappa shape index (κ1) is 23.6. The minimum atomic E-state index is -3.19. The lowest BCUT2D eigenvalue weighted by atomic mass is 9.86. The van der Waals surface area contributed by atoms with Gasteiger partial charge >= 0.3 is 0 Å². The number of sulfonamides is 1. The highest BCUT2D eigenvalue weighted by Crippen LogP contribution is 2.24. The summed E-state index contributed by atoms with van der Waals surface area (Å²) in [6.45, 7) is 10.4. The fourth-order valence-electron chi connectivity index (χ4n) is 3.49. The molecule has 1 aliphatic heterocycles. The molecule has 2 atom stereocenters. The quantitative estimate of drug-likeness (QED) is 0.460. The third-order valence-corrected chi connectivity index (χ3v) is 6.51. The van der Waals surface area contributed by atoms with E-state index in [-0.39, 0.29) is 18.0 Å². The minimum absolute atomic E-state index is 0.0660.